The number of rotatable bonds is 6. The molecule has 5 rings (SSSR count). The van der Waals surface area contributed by atoms with Crippen LogP contribution >= 0.6 is 7.44 Å². The molecule has 1 N–H and O–H groups in total. The van der Waals surface area contributed by atoms with Crippen LogP contribution in [0.15, 0.2) is 115 Å². The molecule has 4 nitrogen and oxygen atoms in total. The van der Waals surface area contributed by atoms with Crippen molar-refractivity contribution in [3.05, 3.63) is 132 Å². The zero-order valence-electron chi connectivity index (χ0n) is 19.6. The van der Waals surface area contributed by atoms with Gasteiger partial charge in [-0.15, -0.1) is 0 Å². The van der Waals surface area contributed by atoms with E-state index >= 15 is 4.57 Å². The first kappa shape index (κ1) is 23.0. The van der Waals surface area contributed by atoms with E-state index in [2.05, 4.69) is 30.3 Å². The van der Waals surface area contributed by atoms with Crippen LogP contribution in [0.1, 0.15) is 28.8 Å². The zero-order chi connectivity index (χ0) is 23.8. The fraction of sp³-hybridized carbons (Fsp3) is 0.241. The minimum Gasteiger partial charge on any atom is -0.387 e. The normalized spacial score (nSPS) is 29.3. The van der Waals surface area contributed by atoms with E-state index in [4.69, 9.17) is 0 Å². The largest absolute Gasteiger partial charge is 0.387 e. The summed E-state index contributed by atoms with van der Waals surface area (Å²) in [5, 5.41) is 11.0. The molecule has 0 aromatic heterocycles. The summed E-state index contributed by atoms with van der Waals surface area (Å²) in [6, 6.07) is 29.9. The van der Waals surface area contributed by atoms with Crippen molar-refractivity contribution in [2.75, 3.05) is 14.1 Å². The Labute approximate surface area is 202 Å². The second kappa shape index (κ2) is 9.13. The molecule has 0 bridgehead atoms. The van der Waals surface area contributed by atoms with Crippen LogP contribution in [0.3, 0.4) is 0 Å². The number of allylic oxidation sites excluding steroid dienone is 2. The van der Waals surface area contributed by atoms with E-state index in [1.807, 2.05) is 108 Å². The van der Waals surface area contributed by atoms with Gasteiger partial charge in [-0.25, -0.2) is 9.34 Å². The quantitative estimate of drug-likeness (QED) is 0.435. The highest BCUT2D eigenvalue weighted by Crippen LogP contribution is 2.79. The van der Waals surface area contributed by atoms with Gasteiger partial charge in [-0.05, 0) is 30.8 Å². The second-order valence-corrected chi connectivity index (χ2v) is 12.4. The van der Waals surface area contributed by atoms with Crippen LogP contribution in [-0.4, -0.2) is 33.7 Å². The molecular formula is C29H31N2O2P. The number of fused-ring (bicyclic) bond motifs is 1. The maximum absolute atomic E-state index is 15.5. The SMILES string of the molecule is CN(Cc1ccccc1)[P@]1(=O)N(C)[C@@H](c2ccccc2)[C@@H]2C=CC=C[C@@]21[C@@H](O)c1ccccc1. The van der Waals surface area contributed by atoms with Gasteiger partial charge in [0.15, 0.2) is 0 Å². The zero-order valence-corrected chi connectivity index (χ0v) is 20.5. The summed E-state index contributed by atoms with van der Waals surface area (Å²) in [6.07, 6.45) is 7.19. The van der Waals surface area contributed by atoms with E-state index in [9.17, 15) is 5.11 Å². The van der Waals surface area contributed by atoms with Crippen LogP contribution in [0, 0.1) is 5.92 Å². The summed E-state index contributed by atoms with van der Waals surface area (Å²) < 4.78 is 19.6. The molecule has 2 aliphatic rings. The third-order valence-corrected chi connectivity index (χ3v) is 11.3. The maximum atomic E-state index is 15.5. The summed E-state index contributed by atoms with van der Waals surface area (Å²) in [5.41, 5.74) is 2.97. The van der Waals surface area contributed by atoms with Crippen molar-refractivity contribution in [3.63, 3.8) is 0 Å². The average Bonchev–Trinajstić information content (AvgIpc) is 3.10. The fourth-order valence-corrected chi connectivity index (χ4v) is 9.82. The molecule has 1 aliphatic carbocycles. The Morgan fingerprint density at radius 1 is 0.941 bits per heavy atom. The van der Waals surface area contributed by atoms with Crippen molar-refractivity contribution in [1.29, 1.82) is 0 Å². The summed E-state index contributed by atoms with van der Waals surface area (Å²) in [6.45, 7) is 0.525. The molecule has 1 saturated heterocycles. The van der Waals surface area contributed by atoms with E-state index < -0.39 is 18.7 Å². The van der Waals surface area contributed by atoms with E-state index in [0.29, 0.717) is 6.54 Å². The first-order valence-electron chi connectivity index (χ1n) is 11.7. The minimum absolute atomic E-state index is 0.134. The van der Waals surface area contributed by atoms with Crippen molar-refractivity contribution in [2.45, 2.75) is 23.8 Å². The number of benzene rings is 3. The van der Waals surface area contributed by atoms with Gasteiger partial charge < -0.3 is 5.11 Å². The number of hydrogen-bond acceptors (Lipinski definition) is 2. The van der Waals surface area contributed by atoms with Crippen LogP contribution in [-0.2, 0) is 11.1 Å². The molecule has 3 aromatic carbocycles. The van der Waals surface area contributed by atoms with Crippen LogP contribution in [0.2, 0.25) is 0 Å². The Hall–Kier alpha value is -2.75. The predicted octanol–water partition coefficient (Wildman–Crippen LogP) is 6.21. The van der Waals surface area contributed by atoms with Crippen molar-refractivity contribution in [3.8, 4) is 0 Å². The molecule has 0 unspecified atom stereocenters. The minimum atomic E-state index is -3.34. The summed E-state index contributed by atoms with van der Waals surface area (Å²) >= 11 is 0. The van der Waals surface area contributed by atoms with Gasteiger partial charge in [0.2, 0.25) is 7.44 Å². The van der Waals surface area contributed by atoms with Gasteiger partial charge in [0, 0.05) is 18.5 Å². The standard InChI is InChI=1S/C29H31N2O2P/c1-30(22-23-14-6-3-7-15-23)34(33)29(28(32)25-18-10-5-11-19-25)21-13-12-20-26(29)27(31(34)2)24-16-8-4-9-17-24/h3-21,26-28,32H,22H2,1-2H3/t26-,27-,28-,29-,34-/m0/s1. The van der Waals surface area contributed by atoms with E-state index in [-0.39, 0.29) is 12.0 Å². The van der Waals surface area contributed by atoms with E-state index in [1.54, 1.807) is 0 Å². The van der Waals surface area contributed by atoms with Gasteiger partial charge in [0.25, 0.3) is 0 Å². The molecule has 0 radical (unpaired) electrons. The molecule has 1 fully saturated rings. The Morgan fingerprint density at radius 3 is 2.18 bits per heavy atom. The van der Waals surface area contributed by atoms with Gasteiger partial charge in [0.05, 0.1) is 6.10 Å². The molecule has 174 valence electrons. The monoisotopic (exact) mass is 470 g/mol. The molecule has 1 heterocycles. The van der Waals surface area contributed by atoms with E-state index in [1.165, 1.54) is 0 Å². The van der Waals surface area contributed by atoms with Gasteiger partial charge in [-0.2, -0.15) is 0 Å². The molecule has 5 atom stereocenters. The Balaban J connectivity index is 1.70. The average molecular weight is 471 g/mol. The van der Waals surface area contributed by atoms with Crippen molar-refractivity contribution in [1.82, 2.24) is 9.34 Å². The van der Waals surface area contributed by atoms with Crippen molar-refractivity contribution < 1.29 is 9.67 Å². The third-order valence-electron chi connectivity index (χ3n) is 7.41. The molecular weight excluding hydrogens is 439 g/mol. The highest BCUT2D eigenvalue weighted by Gasteiger charge is 2.68. The van der Waals surface area contributed by atoms with Gasteiger partial charge in [0.1, 0.15) is 5.16 Å². The molecule has 5 heteroatoms. The van der Waals surface area contributed by atoms with Crippen LogP contribution in [0.4, 0.5) is 0 Å². The van der Waals surface area contributed by atoms with Gasteiger partial charge in [-0.1, -0.05) is 115 Å². The van der Waals surface area contributed by atoms with Crippen LogP contribution in [0.25, 0.3) is 0 Å². The summed E-state index contributed by atoms with van der Waals surface area (Å²) in [7, 11) is 0.544. The number of aliphatic hydroxyl groups excluding tert-OH is 1. The number of hydrogen-bond donors (Lipinski definition) is 1. The Bertz CT molecular complexity index is 1230. The molecule has 0 saturated carbocycles. The predicted molar refractivity (Wildman–Crippen MR) is 138 cm³/mol. The van der Waals surface area contributed by atoms with Crippen LogP contribution in [0.5, 0.6) is 0 Å². The van der Waals surface area contributed by atoms with Crippen LogP contribution < -0.4 is 0 Å². The molecule has 34 heavy (non-hydrogen) atoms. The fourth-order valence-electron chi connectivity index (χ4n) is 5.87. The Morgan fingerprint density at radius 2 is 1.53 bits per heavy atom. The lowest BCUT2D eigenvalue weighted by atomic mass is 9.75. The lowest BCUT2D eigenvalue weighted by molar-refractivity contribution is 0.119. The third kappa shape index (κ3) is 3.45. The molecule has 0 amide bonds. The Kier molecular flexibility index (Phi) is 6.18. The lowest BCUT2D eigenvalue weighted by Crippen LogP contribution is -2.43. The maximum Gasteiger partial charge on any atom is 0.230 e. The first-order chi connectivity index (χ1) is 16.5. The van der Waals surface area contributed by atoms with Crippen molar-refractivity contribution in [2.24, 2.45) is 5.92 Å². The highest BCUT2D eigenvalue weighted by molar-refractivity contribution is 7.61. The smallest absolute Gasteiger partial charge is 0.230 e. The first-order valence-corrected chi connectivity index (χ1v) is 13.3. The highest BCUT2D eigenvalue weighted by atomic mass is 31.2. The topological polar surface area (TPSA) is 43.8 Å². The van der Waals surface area contributed by atoms with Crippen molar-refractivity contribution >= 4 is 7.44 Å². The molecule has 0 spiro atoms. The van der Waals surface area contributed by atoms with Gasteiger partial charge >= 0.3 is 0 Å². The molecule has 1 aliphatic heterocycles. The second-order valence-electron chi connectivity index (χ2n) is 9.24. The summed E-state index contributed by atoms with van der Waals surface area (Å²) in [5.74, 6) is -0.163. The van der Waals surface area contributed by atoms with Gasteiger partial charge in [-0.3, -0.25) is 4.57 Å². The number of nitrogens with zero attached hydrogens (tertiary/aromatic N) is 2. The van der Waals surface area contributed by atoms with E-state index in [0.717, 1.165) is 16.7 Å². The molecule has 3 aromatic rings. The number of aliphatic hydroxyl groups is 1. The summed E-state index contributed by atoms with van der Waals surface area (Å²) in [4.78, 5) is 0. The lowest BCUT2D eigenvalue weighted by Gasteiger charge is -2.45.